The number of carbonyl (C=O) groups is 2. The number of hydrogen-bond donors (Lipinski definition) is 2. The van der Waals surface area contributed by atoms with Gasteiger partial charge in [-0.15, -0.1) is 0 Å². The van der Waals surface area contributed by atoms with Crippen molar-refractivity contribution >= 4 is 17.5 Å². The Morgan fingerprint density at radius 2 is 1.79 bits per heavy atom. The van der Waals surface area contributed by atoms with Crippen molar-refractivity contribution < 1.29 is 14.3 Å². The predicted octanol–water partition coefficient (Wildman–Crippen LogP) is 3.03. The first-order valence-electron chi connectivity index (χ1n) is 8.85. The molecule has 0 unspecified atom stereocenters. The first-order chi connectivity index (χ1) is 11.5. The molecule has 1 saturated carbocycles. The van der Waals surface area contributed by atoms with Crippen LogP contribution in [0.1, 0.15) is 51.1 Å². The Kier molecular flexibility index (Phi) is 5.19. The zero-order chi connectivity index (χ0) is 17.1. The summed E-state index contributed by atoms with van der Waals surface area (Å²) < 4.78 is 5.50. The first-order valence-corrected chi connectivity index (χ1v) is 8.85. The molecule has 0 spiro atoms. The minimum Gasteiger partial charge on any atom is -0.378 e. The average Bonchev–Trinajstić information content (AvgIpc) is 3.40. The molecule has 1 heterocycles. The molecule has 0 aromatic heterocycles. The third-order valence-corrected chi connectivity index (χ3v) is 4.84. The van der Waals surface area contributed by atoms with Crippen LogP contribution in [0.4, 0.5) is 5.69 Å². The van der Waals surface area contributed by atoms with Crippen LogP contribution in [-0.4, -0.2) is 24.5 Å². The van der Waals surface area contributed by atoms with Gasteiger partial charge in [-0.25, -0.2) is 0 Å². The van der Waals surface area contributed by atoms with Gasteiger partial charge >= 0.3 is 0 Å². The van der Waals surface area contributed by atoms with Crippen LogP contribution in [0.5, 0.6) is 0 Å². The number of anilines is 1. The predicted molar refractivity (Wildman–Crippen MR) is 92.5 cm³/mol. The van der Waals surface area contributed by atoms with E-state index in [0.717, 1.165) is 36.9 Å². The maximum atomic E-state index is 12.4. The third kappa shape index (κ3) is 4.35. The Labute approximate surface area is 143 Å². The highest BCUT2D eigenvalue weighted by molar-refractivity contribution is 5.94. The molecule has 5 heteroatoms. The second-order valence-corrected chi connectivity index (χ2v) is 7.02. The summed E-state index contributed by atoms with van der Waals surface area (Å²) in [7, 11) is 0. The van der Waals surface area contributed by atoms with Crippen LogP contribution in [-0.2, 0) is 14.3 Å². The number of nitrogens with one attached hydrogen (secondary N) is 2. The Bertz CT molecular complexity index is 595. The molecule has 0 bridgehead atoms. The van der Waals surface area contributed by atoms with Crippen molar-refractivity contribution in [1.29, 1.82) is 0 Å². The summed E-state index contributed by atoms with van der Waals surface area (Å²) >= 11 is 0. The molecule has 24 heavy (non-hydrogen) atoms. The van der Waals surface area contributed by atoms with Crippen LogP contribution in [0.3, 0.4) is 0 Å². The molecular formula is C19H26N2O3. The van der Waals surface area contributed by atoms with Crippen LogP contribution in [0.15, 0.2) is 24.3 Å². The second kappa shape index (κ2) is 7.34. The standard InChI is InChI=1S/C19H26N2O3/c1-12-11-16(9-10-24-12)19(23)20-13(2)14-5-7-17(8-6-14)21-18(22)15-3-4-15/h5-8,12-13,15-16H,3-4,9-11H2,1-2H3,(H,20,23)(H,21,22)/t12-,13+,16+/m1/s1. The molecule has 1 saturated heterocycles. The molecule has 2 fully saturated rings. The van der Waals surface area contributed by atoms with Gasteiger partial charge in [0.2, 0.25) is 11.8 Å². The van der Waals surface area contributed by atoms with E-state index in [-0.39, 0.29) is 35.8 Å². The third-order valence-electron chi connectivity index (χ3n) is 4.84. The van der Waals surface area contributed by atoms with E-state index in [9.17, 15) is 9.59 Å². The zero-order valence-corrected chi connectivity index (χ0v) is 14.4. The van der Waals surface area contributed by atoms with Crippen molar-refractivity contribution in [3.8, 4) is 0 Å². The quantitative estimate of drug-likeness (QED) is 0.872. The maximum absolute atomic E-state index is 12.4. The number of ether oxygens (including phenoxy) is 1. The van der Waals surface area contributed by atoms with Crippen LogP contribution >= 0.6 is 0 Å². The Morgan fingerprint density at radius 1 is 1.08 bits per heavy atom. The largest absolute Gasteiger partial charge is 0.378 e. The van der Waals surface area contributed by atoms with Gasteiger partial charge in [0, 0.05) is 24.1 Å². The summed E-state index contributed by atoms with van der Waals surface area (Å²) in [6.45, 7) is 4.65. The minimum absolute atomic E-state index is 0.0355. The highest BCUT2D eigenvalue weighted by Crippen LogP contribution is 2.30. The van der Waals surface area contributed by atoms with Crippen molar-refractivity contribution in [3.63, 3.8) is 0 Å². The summed E-state index contributed by atoms with van der Waals surface area (Å²) in [6.07, 6.45) is 3.72. The van der Waals surface area contributed by atoms with Crippen molar-refractivity contribution in [2.45, 2.75) is 51.7 Å². The van der Waals surface area contributed by atoms with Crippen molar-refractivity contribution in [2.75, 3.05) is 11.9 Å². The van der Waals surface area contributed by atoms with Gasteiger partial charge < -0.3 is 15.4 Å². The lowest BCUT2D eigenvalue weighted by Gasteiger charge is -2.27. The van der Waals surface area contributed by atoms with Gasteiger partial charge in [0.25, 0.3) is 0 Å². The average molecular weight is 330 g/mol. The summed E-state index contributed by atoms with van der Waals surface area (Å²) in [5, 5.41) is 6.02. The molecule has 0 radical (unpaired) electrons. The molecule has 130 valence electrons. The molecule has 3 rings (SSSR count). The van der Waals surface area contributed by atoms with Crippen LogP contribution in [0.25, 0.3) is 0 Å². The fraction of sp³-hybridized carbons (Fsp3) is 0.579. The normalized spacial score (nSPS) is 24.9. The first kappa shape index (κ1) is 17.0. The number of rotatable bonds is 5. The second-order valence-electron chi connectivity index (χ2n) is 7.02. The van der Waals surface area contributed by atoms with Crippen molar-refractivity contribution in [2.24, 2.45) is 11.8 Å². The SMILES string of the molecule is C[C@@H]1C[C@@H](C(=O)N[C@@H](C)c2ccc(NC(=O)C3CC3)cc2)CCO1. The Balaban J connectivity index is 1.53. The van der Waals surface area contributed by atoms with E-state index in [1.54, 1.807) is 0 Å². The van der Waals surface area contributed by atoms with Crippen LogP contribution < -0.4 is 10.6 Å². The molecule has 2 aliphatic rings. The molecule has 5 nitrogen and oxygen atoms in total. The fourth-order valence-electron chi connectivity index (χ4n) is 3.10. The van der Waals surface area contributed by atoms with E-state index in [1.807, 2.05) is 38.1 Å². The number of amides is 2. The van der Waals surface area contributed by atoms with E-state index >= 15 is 0 Å². The summed E-state index contributed by atoms with van der Waals surface area (Å²) in [5.74, 6) is 0.444. The monoisotopic (exact) mass is 330 g/mol. The highest BCUT2D eigenvalue weighted by atomic mass is 16.5. The Morgan fingerprint density at radius 3 is 2.42 bits per heavy atom. The molecule has 3 atom stereocenters. The Hall–Kier alpha value is -1.88. The summed E-state index contributed by atoms with van der Waals surface area (Å²) in [4.78, 5) is 24.2. The van der Waals surface area contributed by atoms with E-state index in [0.29, 0.717) is 6.61 Å². The topological polar surface area (TPSA) is 67.4 Å². The van der Waals surface area contributed by atoms with Gasteiger partial charge in [-0.2, -0.15) is 0 Å². The smallest absolute Gasteiger partial charge is 0.227 e. The highest BCUT2D eigenvalue weighted by Gasteiger charge is 2.29. The van der Waals surface area contributed by atoms with Crippen molar-refractivity contribution in [1.82, 2.24) is 5.32 Å². The van der Waals surface area contributed by atoms with E-state index in [4.69, 9.17) is 4.74 Å². The van der Waals surface area contributed by atoms with Gasteiger partial charge in [0.15, 0.2) is 0 Å². The van der Waals surface area contributed by atoms with E-state index in [2.05, 4.69) is 10.6 Å². The maximum Gasteiger partial charge on any atom is 0.227 e. The van der Waals surface area contributed by atoms with Gasteiger partial charge in [-0.3, -0.25) is 9.59 Å². The summed E-state index contributed by atoms with van der Waals surface area (Å²) in [6, 6.07) is 7.66. The van der Waals surface area contributed by atoms with E-state index in [1.165, 1.54) is 0 Å². The molecule has 1 aliphatic carbocycles. The number of hydrogen-bond acceptors (Lipinski definition) is 3. The number of benzene rings is 1. The van der Waals surface area contributed by atoms with Crippen LogP contribution in [0.2, 0.25) is 0 Å². The van der Waals surface area contributed by atoms with Gasteiger partial charge in [0.05, 0.1) is 12.1 Å². The van der Waals surface area contributed by atoms with Crippen molar-refractivity contribution in [3.05, 3.63) is 29.8 Å². The van der Waals surface area contributed by atoms with Gasteiger partial charge in [-0.05, 0) is 57.2 Å². The number of carbonyl (C=O) groups excluding carboxylic acids is 2. The lowest BCUT2D eigenvalue weighted by Crippen LogP contribution is -2.37. The molecular weight excluding hydrogens is 304 g/mol. The zero-order valence-electron chi connectivity index (χ0n) is 14.4. The molecule has 2 N–H and O–H groups in total. The lowest BCUT2D eigenvalue weighted by atomic mass is 9.94. The molecule has 2 amide bonds. The summed E-state index contributed by atoms with van der Waals surface area (Å²) in [5.41, 5.74) is 1.85. The van der Waals surface area contributed by atoms with E-state index < -0.39 is 0 Å². The lowest BCUT2D eigenvalue weighted by molar-refractivity contribution is -0.130. The van der Waals surface area contributed by atoms with Gasteiger partial charge in [0.1, 0.15) is 0 Å². The molecule has 1 aromatic rings. The molecule has 1 aromatic carbocycles. The molecule has 1 aliphatic heterocycles. The van der Waals surface area contributed by atoms with Gasteiger partial charge in [-0.1, -0.05) is 12.1 Å². The fourth-order valence-corrected chi connectivity index (χ4v) is 3.10. The van der Waals surface area contributed by atoms with Crippen LogP contribution in [0, 0.1) is 11.8 Å². The minimum atomic E-state index is -0.0520.